The van der Waals surface area contributed by atoms with E-state index in [9.17, 15) is 8.42 Å². The van der Waals surface area contributed by atoms with E-state index in [1.165, 1.54) is 6.07 Å². The molecule has 0 aliphatic rings. The Labute approximate surface area is 191 Å². The van der Waals surface area contributed by atoms with Gasteiger partial charge in [0.25, 0.3) is 10.0 Å². The average molecular weight is 472 g/mol. The number of aryl methyl sites for hydroxylation is 3. The molecule has 5 nitrogen and oxygen atoms in total. The van der Waals surface area contributed by atoms with E-state index in [4.69, 9.17) is 23.2 Å². The quantitative estimate of drug-likeness (QED) is 0.383. The van der Waals surface area contributed by atoms with Gasteiger partial charge in [-0.25, -0.2) is 13.4 Å². The second kappa shape index (κ2) is 8.83. The molecular formula is C23H19Cl2N3O2S. The first-order valence-electron chi connectivity index (χ1n) is 9.60. The van der Waals surface area contributed by atoms with Crippen molar-refractivity contribution in [2.45, 2.75) is 24.7 Å². The molecule has 0 saturated heterocycles. The van der Waals surface area contributed by atoms with Gasteiger partial charge in [0.15, 0.2) is 0 Å². The number of aromatic nitrogens is 2. The summed E-state index contributed by atoms with van der Waals surface area (Å²) in [6, 6.07) is 18.5. The fraction of sp³-hybridized carbons (Fsp3) is 0.130. The van der Waals surface area contributed by atoms with Crippen molar-refractivity contribution in [3.05, 3.63) is 93.7 Å². The van der Waals surface area contributed by atoms with Crippen LogP contribution in [0, 0.1) is 6.92 Å². The van der Waals surface area contributed by atoms with Gasteiger partial charge in [-0.1, -0.05) is 53.5 Å². The number of benzene rings is 2. The van der Waals surface area contributed by atoms with Gasteiger partial charge >= 0.3 is 0 Å². The molecule has 0 radical (unpaired) electrons. The zero-order valence-corrected chi connectivity index (χ0v) is 19.0. The van der Waals surface area contributed by atoms with Crippen LogP contribution in [-0.2, 0) is 22.9 Å². The monoisotopic (exact) mass is 471 g/mol. The van der Waals surface area contributed by atoms with Crippen molar-refractivity contribution in [1.82, 2.24) is 9.97 Å². The van der Waals surface area contributed by atoms with Crippen LogP contribution in [0.3, 0.4) is 0 Å². The maximum atomic E-state index is 12.8. The molecule has 0 bridgehead atoms. The molecule has 0 aliphatic carbocycles. The van der Waals surface area contributed by atoms with Crippen LogP contribution in [0.1, 0.15) is 16.8 Å². The summed E-state index contributed by atoms with van der Waals surface area (Å²) in [4.78, 5) is 8.92. The van der Waals surface area contributed by atoms with E-state index in [1.807, 2.05) is 36.4 Å². The Hall–Kier alpha value is -2.67. The van der Waals surface area contributed by atoms with E-state index in [0.29, 0.717) is 10.6 Å². The van der Waals surface area contributed by atoms with Crippen molar-refractivity contribution in [1.29, 1.82) is 0 Å². The van der Waals surface area contributed by atoms with Gasteiger partial charge in [0, 0.05) is 22.3 Å². The van der Waals surface area contributed by atoms with Crippen LogP contribution < -0.4 is 4.72 Å². The summed E-state index contributed by atoms with van der Waals surface area (Å²) in [5.74, 6) is 0.220. The van der Waals surface area contributed by atoms with Crippen molar-refractivity contribution in [3.63, 3.8) is 0 Å². The maximum absolute atomic E-state index is 12.8. The third-order valence-electron chi connectivity index (χ3n) is 4.85. The molecule has 158 valence electrons. The Morgan fingerprint density at radius 3 is 2.52 bits per heavy atom. The number of hydrogen-bond acceptors (Lipinski definition) is 4. The molecule has 2 aromatic heterocycles. The third kappa shape index (κ3) is 4.98. The second-order valence-electron chi connectivity index (χ2n) is 7.19. The Kier molecular flexibility index (Phi) is 6.14. The lowest BCUT2D eigenvalue weighted by Gasteiger charge is -2.12. The third-order valence-corrected chi connectivity index (χ3v) is 7.04. The van der Waals surface area contributed by atoms with Gasteiger partial charge < -0.3 is 0 Å². The van der Waals surface area contributed by atoms with Crippen LogP contribution in [0.15, 0.2) is 71.8 Å². The van der Waals surface area contributed by atoms with Crippen LogP contribution in [0.4, 0.5) is 5.82 Å². The summed E-state index contributed by atoms with van der Waals surface area (Å²) in [7, 11) is -3.89. The summed E-state index contributed by atoms with van der Waals surface area (Å²) >= 11 is 12.1. The zero-order chi connectivity index (χ0) is 22.0. The van der Waals surface area contributed by atoms with E-state index < -0.39 is 10.0 Å². The molecule has 2 aromatic carbocycles. The number of anilines is 1. The second-order valence-corrected chi connectivity index (χ2v) is 9.65. The fourth-order valence-corrected chi connectivity index (χ4v) is 5.57. The van der Waals surface area contributed by atoms with Crippen molar-refractivity contribution in [2.75, 3.05) is 4.72 Å². The first-order chi connectivity index (χ1) is 14.8. The molecule has 4 aromatic rings. The Morgan fingerprint density at radius 2 is 1.77 bits per heavy atom. The maximum Gasteiger partial charge on any atom is 0.264 e. The van der Waals surface area contributed by atoms with Crippen LogP contribution in [0.2, 0.25) is 10.0 Å². The number of halogens is 2. The molecule has 0 spiro atoms. The molecule has 1 N–H and O–H groups in total. The molecule has 31 heavy (non-hydrogen) atoms. The minimum Gasteiger partial charge on any atom is -0.263 e. The number of rotatable bonds is 6. The van der Waals surface area contributed by atoms with Gasteiger partial charge in [-0.05, 0) is 61.2 Å². The van der Waals surface area contributed by atoms with Crippen molar-refractivity contribution in [3.8, 4) is 0 Å². The van der Waals surface area contributed by atoms with Gasteiger partial charge in [0.1, 0.15) is 10.7 Å². The summed E-state index contributed by atoms with van der Waals surface area (Å²) in [6.07, 6.45) is 3.17. The van der Waals surface area contributed by atoms with Crippen LogP contribution >= 0.6 is 23.2 Å². The molecule has 8 heteroatoms. The molecule has 4 rings (SSSR count). The highest BCUT2D eigenvalue weighted by Gasteiger charge is 2.22. The van der Waals surface area contributed by atoms with Gasteiger partial charge in [0.2, 0.25) is 0 Å². The fourth-order valence-electron chi connectivity index (χ4n) is 3.37. The van der Waals surface area contributed by atoms with E-state index in [2.05, 4.69) is 20.8 Å². The van der Waals surface area contributed by atoms with Gasteiger partial charge in [-0.2, -0.15) is 0 Å². The summed E-state index contributed by atoms with van der Waals surface area (Å²) in [5.41, 5.74) is 3.42. The predicted molar refractivity (Wildman–Crippen MR) is 125 cm³/mol. The highest BCUT2D eigenvalue weighted by atomic mass is 35.5. The number of nitrogens with one attached hydrogen (secondary N) is 1. The smallest absolute Gasteiger partial charge is 0.263 e. The number of hydrogen-bond donors (Lipinski definition) is 1. The average Bonchev–Trinajstić information content (AvgIpc) is 2.72. The first kappa shape index (κ1) is 21.6. The largest absolute Gasteiger partial charge is 0.264 e. The van der Waals surface area contributed by atoms with Crippen molar-refractivity contribution < 1.29 is 8.42 Å². The predicted octanol–water partition coefficient (Wildman–Crippen LogP) is 5.83. The number of fused-ring (bicyclic) bond motifs is 1. The van der Waals surface area contributed by atoms with Crippen molar-refractivity contribution in [2.24, 2.45) is 0 Å². The molecule has 2 heterocycles. The molecule has 0 atom stereocenters. The number of sulfonamides is 1. The van der Waals surface area contributed by atoms with E-state index in [0.717, 1.165) is 35.0 Å². The van der Waals surface area contributed by atoms with Gasteiger partial charge in [0.05, 0.1) is 10.5 Å². The van der Waals surface area contributed by atoms with Crippen LogP contribution in [-0.4, -0.2) is 18.4 Å². The molecule has 0 fully saturated rings. The number of nitrogens with zero attached hydrogens (tertiary/aromatic N) is 2. The van der Waals surface area contributed by atoms with Gasteiger partial charge in [-0.3, -0.25) is 9.71 Å². The Balaban J connectivity index is 1.45. The van der Waals surface area contributed by atoms with E-state index in [1.54, 1.807) is 25.3 Å². The Bertz CT molecular complexity index is 1330. The SMILES string of the molecule is Cc1cc(Cl)cc(Cl)c1S(=O)(=O)Nc1ccc(CCc2ccc3ccccc3n2)cn1. The summed E-state index contributed by atoms with van der Waals surface area (Å²) < 4.78 is 28.0. The normalized spacial score (nSPS) is 11.6. The highest BCUT2D eigenvalue weighted by Crippen LogP contribution is 2.30. The summed E-state index contributed by atoms with van der Waals surface area (Å²) in [6.45, 7) is 1.64. The highest BCUT2D eigenvalue weighted by molar-refractivity contribution is 7.92. The topological polar surface area (TPSA) is 72.0 Å². The minimum atomic E-state index is -3.89. The minimum absolute atomic E-state index is 0.00757. The van der Waals surface area contributed by atoms with Gasteiger partial charge in [-0.15, -0.1) is 0 Å². The lowest BCUT2D eigenvalue weighted by atomic mass is 10.1. The number of pyridine rings is 2. The molecule has 0 aliphatic heterocycles. The zero-order valence-electron chi connectivity index (χ0n) is 16.6. The molecular weight excluding hydrogens is 453 g/mol. The molecule has 0 amide bonds. The molecule has 0 saturated carbocycles. The summed E-state index contributed by atoms with van der Waals surface area (Å²) in [5, 5.41) is 1.56. The lowest BCUT2D eigenvalue weighted by molar-refractivity contribution is 0.600. The molecule has 0 unspecified atom stereocenters. The lowest BCUT2D eigenvalue weighted by Crippen LogP contribution is -2.15. The van der Waals surface area contributed by atoms with Crippen molar-refractivity contribution >= 4 is 49.9 Å². The van der Waals surface area contributed by atoms with Crippen LogP contribution in [0.25, 0.3) is 10.9 Å². The Morgan fingerprint density at radius 1 is 0.968 bits per heavy atom. The van der Waals surface area contributed by atoms with E-state index in [-0.39, 0.29) is 15.7 Å². The van der Waals surface area contributed by atoms with Crippen LogP contribution in [0.5, 0.6) is 0 Å². The standard InChI is InChI=1S/C23H19Cl2N3O2S/c1-15-12-18(24)13-20(25)23(15)31(29,30)28-22-11-7-16(14-26-22)6-9-19-10-8-17-4-2-3-5-21(17)27-19/h2-5,7-8,10-14H,6,9H2,1H3,(H,26,28). The first-order valence-corrected chi connectivity index (χ1v) is 11.8. The van der Waals surface area contributed by atoms with E-state index >= 15 is 0 Å². The number of para-hydroxylation sites is 1.